The minimum absolute atomic E-state index is 0.00550. The van der Waals surface area contributed by atoms with E-state index < -0.39 is 6.29 Å². The lowest BCUT2D eigenvalue weighted by Gasteiger charge is -2.10. The van der Waals surface area contributed by atoms with E-state index in [9.17, 15) is 4.79 Å². The third kappa shape index (κ3) is 12.0. The smallest absolute Gasteiger partial charge is 0.217 e. The fourth-order valence-corrected chi connectivity index (χ4v) is 2.28. The quantitative estimate of drug-likeness (QED) is 0.358. The van der Waals surface area contributed by atoms with Crippen molar-refractivity contribution in [1.82, 2.24) is 0 Å². The van der Waals surface area contributed by atoms with Gasteiger partial charge in [-0.2, -0.15) is 0 Å². The van der Waals surface area contributed by atoms with E-state index in [0.29, 0.717) is 6.42 Å². The van der Waals surface area contributed by atoms with Gasteiger partial charge >= 0.3 is 0 Å². The first-order chi connectivity index (χ1) is 10.9. The van der Waals surface area contributed by atoms with Crippen LogP contribution in [-0.4, -0.2) is 26.3 Å². The monoisotopic (exact) mass is 322 g/mol. The van der Waals surface area contributed by atoms with Gasteiger partial charge in [0.2, 0.25) is 6.29 Å². The molecule has 0 saturated carbocycles. The summed E-state index contributed by atoms with van der Waals surface area (Å²) in [6.07, 6.45) is 11.6. The third-order valence-corrected chi connectivity index (χ3v) is 3.70. The Morgan fingerprint density at radius 3 is 1.65 bits per heavy atom. The second-order valence-electron chi connectivity index (χ2n) is 6.27. The van der Waals surface area contributed by atoms with E-state index in [0.717, 1.165) is 32.1 Å². The number of hydrogen-bond donors (Lipinski definition) is 0. The summed E-state index contributed by atoms with van der Waals surface area (Å²) in [5.74, 6) is -0.00550. The van der Waals surface area contributed by atoms with E-state index >= 15 is 0 Å². The molecule has 0 unspecified atom stereocenters. The highest BCUT2D eigenvalue weighted by Gasteiger charge is 2.14. The fraction of sp³-hybridized carbons (Fsp3) is 0.650. The Balaban J connectivity index is 4.02. The predicted octanol–water partition coefficient (Wildman–Crippen LogP) is 5.37. The van der Waals surface area contributed by atoms with Gasteiger partial charge < -0.3 is 9.47 Å². The molecule has 132 valence electrons. The van der Waals surface area contributed by atoms with Crippen LogP contribution in [0.4, 0.5) is 0 Å². The van der Waals surface area contributed by atoms with Crippen molar-refractivity contribution in [3.63, 3.8) is 0 Å². The van der Waals surface area contributed by atoms with Crippen molar-refractivity contribution in [3.8, 4) is 0 Å². The average Bonchev–Trinajstić information content (AvgIpc) is 2.48. The number of rotatable bonds is 12. The van der Waals surface area contributed by atoms with Gasteiger partial charge in [-0.25, -0.2) is 0 Å². The molecule has 0 saturated heterocycles. The van der Waals surface area contributed by atoms with Gasteiger partial charge in [0.1, 0.15) is 0 Å². The summed E-state index contributed by atoms with van der Waals surface area (Å²) in [5, 5.41) is 0. The van der Waals surface area contributed by atoms with Crippen molar-refractivity contribution in [2.75, 3.05) is 14.2 Å². The predicted molar refractivity (Wildman–Crippen MR) is 97.5 cm³/mol. The summed E-state index contributed by atoms with van der Waals surface area (Å²) in [6, 6.07) is 0. The Morgan fingerprint density at radius 1 is 0.783 bits per heavy atom. The standard InChI is InChI=1S/C20H34O3/c1-16(2)10-7-11-17(3)12-8-13-18(4)14-9-15-19(21)20(22-5)23-6/h10,12,14,20H,7-9,11,13,15H2,1-6H3/b17-12+,18-14+. The van der Waals surface area contributed by atoms with Gasteiger partial charge in [0.15, 0.2) is 5.78 Å². The van der Waals surface area contributed by atoms with Crippen LogP contribution in [0.15, 0.2) is 34.9 Å². The van der Waals surface area contributed by atoms with Crippen LogP contribution in [0.5, 0.6) is 0 Å². The minimum atomic E-state index is -0.727. The molecule has 0 aromatic carbocycles. The van der Waals surface area contributed by atoms with Crippen LogP contribution >= 0.6 is 0 Å². The maximum atomic E-state index is 11.7. The Hall–Kier alpha value is -1.19. The summed E-state index contributed by atoms with van der Waals surface area (Å²) in [4.78, 5) is 11.7. The number of ketones is 1. The van der Waals surface area contributed by atoms with E-state index in [-0.39, 0.29) is 5.78 Å². The second-order valence-corrected chi connectivity index (χ2v) is 6.27. The zero-order valence-electron chi connectivity index (χ0n) is 15.8. The van der Waals surface area contributed by atoms with Crippen molar-refractivity contribution < 1.29 is 14.3 Å². The molecule has 0 aromatic rings. The molecule has 3 heteroatoms. The topological polar surface area (TPSA) is 35.5 Å². The zero-order chi connectivity index (χ0) is 17.7. The van der Waals surface area contributed by atoms with Gasteiger partial charge in [-0.3, -0.25) is 4.79 Å². The van der Waals surface area contributed by atoms with Crippen molar-refractivity contribution >= 4 is 5.78 Å². The number of allylic oxidation sites excluding steroid dienone is 6. The van der Waals surface area contributed by atoms with E-state index in [4.69, 9.17) is 9.47 Å². The van der Waals surface area contributed by atoms with Gasteiger partial charge in [-0.05, 0) is 59.8 Å². The molecule has 0 aromatic heterocycles. The molecule has 0 aliphatic heterocycles. The maximum absolute atomic E-state index is 11.7. The summed E-state index contributed by atoms with van der Waals surface area (Å²) in [7, 11) is 2.97. The first kappa shape index (κ1) is 21.8. The highest BCUT2D eigenvalue weighted by atomic mass is 16.7. The zero-order valence-corrected chi connectivity index (χ0v) is 15.8. The summed E-state index contributed by atoms with van der Waals surface area (Å²) >= 11 is 0. The molecular weight excluding hydrogens is 288 g/mol. The molecule has 0 N–H and O–H groups in total. The molecule has 0 atom stereocenters. The van der Waals surface area contributed by atoms with Gasteiger partial charge in [-0.15, -0.1) is 0 Å². The number of carbonyl (C=O) groups excluding carboxylic acids is 1. The molecule has 0 aliphatic rings. The number of ether oxygens (including phenoxy) is 2. The van der Waals surface area contributed by atoms with Crippen molar-refractivity contribution in [3.05, 3.63) is 34.9 Å². The molecule has 0 rings (SSSR count). The highest BCUT2D eigenvalue weighted by molar-refractivity contribution is 5.81. The first-order valence-electron chi connectivity index (χ1n) is 8.43. The number of hydrogen-bond acceptors (Lipinski definition) is 3. The van der Waals surface area contributed by atoms with E-state index in [1.165, 1.54) is 30.9 Å². The molecule has 0 heterocycles. The lowest BCUT2D eigenvalue weighted by Crippen LogP contribution is -2.24. The van der Waals surface area contributed by atoms with Crippen LogP contribution in [0, 0.1) is 0 Å². The second kappa shape index (κ2) is 13.3. The van der Waals surface area contributed by atoms with Gasteiger partial charge in [0.05, 0.1) is 0 Å². The molecule has 0 aliphatic carbocycles. The normalized spacial score (nSPS) is 12.7. The first-order valence-corrected chi connectivity index (χ1v) is 8.43. The van der Waals surface area contributed by atoms with E-state index in [1.54, 1.807) is 0 Å². The molecule has 0 bridgehead atoms. The summed E-state index contributed by atoms with van der Waals surface area (Å²) in [6.45, 7) is 8.60. The highest BCUT2D eigenvalue weighted by Crippen LogP contribution is 2.12. The molecule has 23 heavy (non-hydrogen) atoms. The molecule has 0 fully saturated rings. The van der Waals surface area contributed by atoms with Crippen LogP contribution in [0.3, 0.4) is 0 Å². The Bertz CT molecular complexity index is 422. The van der Waals surface area contributed by atoms with E-state index in [2.05, 4.69) is 45.9 Å². The Morgan fingerprint density at radius 2 is 1.22 bits per heavy atom. The fourth-order valence-electron chi connectivity index (χ4n) is 2.28. The van der Waals surface area contributed by atoms with E-state index in [1.807, 2.05) is 0 Å². The Kier molecular flexibility index (Phi) is 12.6. The maximum Gasteiger partial charge on any atom is 0.217 e. The average molecular weight is 322 g/mol. The van der Waals surface area contributed by atoms with Crippen molar-refractivity contribution in [1.29, 1.82) is 0 Å². The molecule has 3 nitrogen and oxygen atoms in total. The molecule has 0 spiro atoms. The van der Waals surface area contributed by atoms with Gasteiger partial charge in [0, 0.05) is 20.6 Å². The molecule has 0 radical (unpaired) electrons. The van der Waals surface area contributed by atoms with Crippen LogP contribution < -0.4 is 0 Å². The van der Waals surface area contributed by atoms with Crippen LogP contribution in [0.2, 0.25) is 0 Å². The molecule has 0 amide bonds. The van der Waals surface area contributed by atoms with Gasteiger partial charge in [-0.1, -0.05) is 34.9 Å². The largest absolute Gasteiger partial charge is 0.349 e. The third-order valence-electron chi connectivity index (χ3n) is 3.70. The lowest BCUT2D eigenvalue weighted by atomic mass is 10.1. The Labute approximate surface area is 142 Å². The van der Waals surface area contributed by atoms with Gasteiger partial charge in [0.25, 0.3) is 0 Å². The number of Topliss-reactive ketones (excluding diaryl/α,β-unsaturated/α-hetero) is 1. The number of carbonyl (C=O) groups is 1. The summed E-state index contributed by atoms with van der Waals surface area (Å²) in [5.41, 5.74) is 4.17. The summed E-state index contributed by atoms with van der Waals surface area (Å²) < 4.78 is 9.91. The van der Waals surface area contributed by atoms with Crippen LogP contribution in [0.25, 0.3) is 0 Å². The van der Waals surface area contributed by atoms with Crippen molar-refractivity contribution in [2.45, 2.75) is 72.5 Å². The molecular formula is C20H34O3. The minimum Gasteiger partial charge on any atom is -0.349 e. The number of methoxy groups -OCH3 is 2. The lowest BCUT2D eigenvalue weighted by molar-refractivity contribution is -0.156. The SMILES string of the molecule is COC(OC)C(=O)CC/C=C(\C)CC/C=C(\C)CCC=C(C)C. The van der Waals surface area contributed by atoms with Crippen LogP contribution in [-0.2, 0) is 14.3 Å². The van der Waals surface area contributed by atoms with Crippen LogP contribution in [0.1, 0.15) is 66.2 Å². The van der Waals surface area contributed by atoms with Crippen molar-refractivity contribution in [2.24, 2.45) is 0 Å².